The zero-order chi connectivity index (χ0) is 18.5. The average Bonchev–Trinajstić information content (AvgIpc) is 3.22. The molecule has 0 spiro atoms. The number of nitrogens with one attached hydrogen (secondary N) is 1. The number of thioether (sulfide) groups is 1. The van der Waals surface area contributed by atoms with E-state index in [1.807, 2.05) is 18.4 Å². The minimum absolute atomic E-state index is 0.0328. The number of amides is 1. The molecule has 2 aromatic rings. The van der Waals surface area contributed by atoms with Gasteiger partial charge in [0.1, 0.15) is 12.2 Å². The Hall–Kier alpha value is -2.10. The number of carbonyl (C=O) groups excluding carboxylic acids is 1. The van der Waals surface area contributed by atoms with Gasteiger partial charge in [-0.3, -0.25) is 9.36 Å². The van der Waals surface area contributed by atoms with Crippen LogP contribution in [0.4, 0.5) is 0 Å². The number of carbonyl (C=O) groups is 1. The minimum atomic E-state index is -0.0511. The fourth-order valence-electron chi connectivity index (χ4n) is 2.92. The summed E-state index contributed by atoms with van der Waals surface area (Å²) < 4.78 is 5.22. The average molecular weight is 379 g/mol. The van der Waals surface area contributed by atoms with Gasteiger partial charge in [-0.2, -0.15) is 5.10 Å². The van der Waals surface area contributed by atoms with E-state index in [1.165, 1.54) is 16.4 Å². The van der Waals surface area contributed by atoms with Crippen LogP contribution in [0.25, 0.3) is 0 Å². The number of aromatic nitrogens is 6. The van der Waals surface area contributed by atoms with E-state index in [0.717, 1.165) is 36.8 Å². The molecule has 3 heterocycles. The van der Waals surface area contributed by atoms with Gasteiger partial charge in [0.25, 0.3) is 0 Å². The van der Waals surface area contributed by atoms with E-state index < -0.39 is 0 Å². The van der Waals surface area contributed by atoms with Crippen molar-refractivity contribution in [2.24, 2.45) is 0 Å². The second-order valence-corrected chi connectivity index (χ2v) is 7.58. The molecule has 142 valence electrons. The molecule has 0 aliphatic carbocycles. The molecule has 26 heavy (non-hydrogen) atoms. The third-order valence-corrected chi connectivity index (χ3v) is 5.29. The van der Waals surface area contributed by atoms with Crippen molar-refractivity contribution in [2.75, 3.05) is 12.3 Å². The molecule has 1 aliphatic heterocycles. The van der Waals surface area contributed by atoms with E-state index in [4.69, 9.17) is 0 Å². The van der Waals surface area contributed by atoms with Crippen molar-refractivity contribution in [1.29, 1.82) is 0 Å². The predicted octanol–water partition coefficient (Wildman–Crippen LogP) is 0.852. The Morgan fingerprint density at radius 2 is 2.23 bits per heavy atom. The summed E-state index contributed by atoms with van der Waals surface area (Å²) in [6, 6.07) is 0.259. The fourth-order valence-corrected chi connectivity index (χ4v) is 3.80. The third kappa shape index (κ3) is 4.35. The standard InChI is InChI=1S/C16H25N7O2S/c1-12(2)22-11-18-19-15(22)26-10-14(24)17-7-5-9-23-16(25)21-8-4-3-6-13(21)20-23/h11-12H,3-10H2,1-2H3,(H,17,24). The van der Waals surface area contributed by atoms with Crippen LogP contribution in [0.2, 0.25) is 0 Å². The van der Waals surface area contributed by atoms with Gasteiger partial charge in [0, 0.05) is 32.1 Å². The molecule has 2 aromatic heterocycles. The summed E-state index contributed by atoms with van der Waals surface area (Å²) in [5.41, 5.74) is -0.0328. The first-order valence-electron chi connectivity index (χ1n) is 9.02. The van der Waals surface area contributed by atoms with Crippen LogP contribution in [-0.2, 0) is 24.3 Å². The van der Waals surface area contributed by atoms with Crippen LogP contribution >= 0.6 is 11.8 Å². The molecule has 0 saturated carbocycles. The molecule has 10 heteroatoms. The van der Waals surface area contributed by atoms with Crippen LogP contribution in [0.3, 0.4) is 0 Å². The van der Waals surface area contributed by atoms with Crippen LogP contribution in [0, 0.1) is 0 Å². The van der Waals surface area contributed by atoms with Gasteiger partial charge in [0.05, 0.1) is 5.75 Å². The van der Waals surface area contributed by atoms with Gasteiger partial charge in [0.15, 0.2) is 5.16 Å². The van der Waals surface area contributed by atoms with Crippen molar-refractivity contribution in [3.05, 3.63) is 22.6 Å². The van der Waals surface area contributed by atoms with Crippen LogP contribution < -0.4 is 11.0 Å². The Balaban J connectivity index is 1.40. The minimum Gasteiger partial charge on any atom is -0.355 e. The van der Waals surface area contributed by atoms with E-state index in [2.05, 4.69) is 20.6 Å². The SMILES string of the molecule is CC(C)n1cnnc1SCC(=O)NCCCn1nc2n(c1=O)CCCC2. The molecule has 3 rings (SSSR count). The van der Waals surface area contributed by atoms with Gasteiger partial charge in [-0.05, 0) is 33.1 Å². The highest BCUT2D eigenvalue weighted by molar-refractivity contribution is 7.99. The molecule has 0 fully saturated rings. The van der Waals surface area contributed by atoms with E-state index in [-0.39, 0.29) is 17.6 Å². The summed E-state index contributed by atoms with van der Waals surface area (Å²) in [6.45, 7) is 5.90. The summed E-state index contributed by atoms with van der Waals surface area (Å²) in [4.78, 5) is 24.2. The molecule has 0 atom stereocenters. The molecular formula is C16H25N7O2S. The maximum Gasteiger partial charge on any atom is 0.345 e. The monoisotopic (exact) mass is 379 g/mol. The zero-order valence-corrected chi connectivity index (χ0v) is 16.0. The van der Waals surface area contributed by atoms with Crippen molar-refractivity contribution in [3.8, 4) is 0 Å². The first kappa shape index (κ1) is 18.7. The molecule has 1 aliphatic rings. The van der Waals surface area contributed by atoms with Gasteiger partial charge in [-0.15, -0.1) is 10.2 Å². The Bertz CT molecular complexity index is 808. The quantitative estimate of drug-likeness (QED) is 0.539. The molecule has 0 bridgehead atoms. The van der Waals surface area contributed by atoms with Crippen LogP contribution in [0.5, 0.6) is 0 Å². The number of nitrogens with zero attached hydrogens (tertiary/aromatic N) is 6. The lowest BCUT2D eigenvalue weighted by atomic mass is 10.2. The zero-order valence-electron chi connectivity index (χ0n) is 15.2. The van der Waals surface area contributed by atoms with Crippen molar-refractivity contribution in [3.63, 3.8) is 0 Å². The summed E-state index contributed by atoms with van der Waals surface area (Å²) in [6.07, 6.45) is 5.35. The molecule has 9 nitrogen and oxygen atoms in total. The molecule has 0 saturated heterocycles. The van der Waals surface area contributed by atoms with Gasteiger partial charge in [-0.1, -0.05) is 11.8 Å². The number of hydrogen-bond donors (Lipinski definition) is 1. The van der Waals surface area contributed by atoms with E-state index in [1.54, 1.807) is 10.9 Å². The van der Waals surface area contributed by atoms with Crippen molar-refractivity contribution < 1.29 is 4.79 Å². The summed E-state index contributed by atoms with van der Waals surface area (Å²) in [5, 5.41) is 15.9. The Labute approximate surface area is 156 Å². The largest absolute Gasteiger partial charge is 0.355 e. The normalized spacial score (nSPS) is 13.8. The van der Waals surface area contributed by atoms with Crippen molar-refractivity contribution in [1.82, 2.24) is 34.4 Å². The highest BCUT2D eigenvalue weighted by Gasteiger charge is 2.16. The maximum absolute atomic E-state index is 12.2. The Kier molecular flexibility index (Phi) is 6.12. The van der Waals surface area contributed by atoms with Crippen LogP contribution in [0.1, 0.15) is 45.0 Å². The molecule has 0 unspecified atom stereocenters. The second-order valence-electron chi connectivity index (χ2n) is 6.64. The maximum atomic E-state index is 12.2. The highest BCUT2D eigenvalue weighted by Crippen LogP contribution is 2.18. The van der Waals surface area contributed by atoms with Gasteiger partial charge >= 0.3 is 5.69 Å². The lowest BCUT2D eigenvalue weighted by Crippen LogP contribution is -2.30. The molecule has 0 aromatic carbocycles. The van der Waals surface area contributed by atoms with Crippen molar-refractivity contribution in [2.45, 2.75) is 63.8 Å². The van der Waals surface area contributed by atoms with E-state index in [0.29, 0.717) is 25.3 Å². The molecular weight excluding hydrogens is 354 g/mol. The van der Waals surface area contributed by atoms with Gasteiger partial charge in [-0.25, -0.2) is 9.48 Å². The third-order valence-electron chi connectivity index (χ3n) is 4.33. The number of rotatable bonds is 8. The van der Waals surface area contributed by atoms with E-state index >= 15 is 0 Å². The molecule has 0 radical (unpaired) electrons. The summed E-state index contributed by atoms with van der Waals surface area (Å²) in [7, 11) is 0. The lowest BCUT2D eigenvalue weighted by molar-refractivity contribution is -0.118. The second kappa shape index (κ2) is 8.52. The van der Waals surface area contributed by atoms with Crippen molar-refractivity contribution >= 4 is 17.7 Å². The first-order valence-corrected chi connectivity index (χ1v) is 10.0. The Morgan fingerprint density at radius 3 is 3.00 bits per heavy atom. The first-order chi connectivity index (χ1) is 12.6. The Morgan fingerprint density at radius 1 is 1.38 bits per heavy atom. The van der Waals surface area contributed by atoms with Gasteiger partial charge < -0.3 is 9.88 Å². The summed E-state index contributed by atoms with van der Waals surface area (Å²) >= 11 is 1.37. The van der Waals surface area contributed by atoms with E-state index in [9.17, 15) is 9.59 Å². The fraction of sp³-hybridized carbons (Fsp3) is 0.688. The number of hydrogen-bond acceptors (Lipinski definition) is 6. The van der Waals surface area contributed by atoms with Gasteiger partial charge in [0.2, 0.25) is 5.91 Å². The predicted molar refractivity (Wildman–Crippen MR) is 98.2 cm³/mol. The topological polar surface area (TPSA) is 99.6 Å². The number of aryl methyl sites for hydroxylation is 2. The highest BCUT2D eigenvalue weighted by atomic mass is 32.2. The van der Waals surface area contributed by atoms with Crippen LogP contribution in [0.15, 0.2) is 16.3 Å². The van der Waals surface area contributed by atoms with Crippen LogP contribution in [-0.4, -0.2) is 47.3 Å². The molecule has 1 amide bonds. The summed E-state index contributed by atoms with van der Waals surface area (Å²) in [5.74, 6) is 1.13. The molecule has 1 N–H and O–H groups in total. The smallest absolute Gasteiger partial charge is 0.345 e. The number of fused-ring (bicyclic) bond motifs is 1. The lowest BCUT2D eigenvalue weighted by Gasteiger charge is -2.09.